The van der Waals surface area contributed by atoms with Gasteiger partial charge in [-0.3, -0.25) is 4.79 Å². The molecule has 1 amide bonds. The largest absolute Gasteiger partial charge is 0.396 e. The van der Waals surface area contributed by atoms with Gasteiger partial charge >= 0.3 is 0 Å². The van der Waals surface area contributed by atoms with Gasteiger partial charge in [-0.2, -0.15) is 0 Å². The minimum atomic E-state index is -0.324. The third-order valence-corrected chi connectivity index (χ3v) is 2.59. The molecule has 0 saturated carbocycles. The van der Waals surface area contributed by atoms with Crippen LogP contribution in [0.3, 0.4) is 0 Å². The summed E-state index contributed by atoms with van der Waals surface area (Å²) in [7, 11) is 0. The van der Waals surface area contributed by atoms with Crippen LogP contribution in [0.4, 0.5) is 0 Å². The summed E-state index contributed by atoms with van der Waals surface area (Å²) in [5, 5.41) is 8.75. The molecule has 13 heavy (non-hydrogen) atoms. The predicted octanol–water partition coefficient (Wildman–Crippen LogP) is -0.293. The van der Waals surface area contributed by atoms with Gasteiger partial charge in [-0.05, 0) is 26.2 Å². The Morgan fingerprint density at radius 3 is 3.08 bits per heavy atom. The van der Waals surface area contributed by atoms with Crippen LogP contribution in [0.25, 0.3) is 0 Å². The van der Waals surface area contributed by atoms with Crippen molar-refractivity contribution < 1.29 is 9.90 Å². The summed E-state index contributed by atoms with van der Waals surface area (Å²) in [6, 6.07) is -0.209. The molecule has 0 bridgehead atoms. The summed E-state index contributed by atoms with van der Waals surface area (Å²) in [5.74, 6) is 0.0344. The lowest BCUT2D eigenvalue weighted by Crippen LogP contribution is -2.51. The number of aliphatic hydroxyl groups excluding tert-OH is 1. The smallest absolute Gasteiger partial charge is 0.239 e. The Morgan fingerprint density at radius 1 is 1.77 bits per heavy atom. The fourth-order valence-electron chi connectivity index (χ4n) is 1.71. The average Bonchev–Trinajstić information content (AvgIpc) is 2.10. The maximum absolute atomic E-state index is 11.6. The molecule has 4 nitrogen and oxygen atoms in total. The Balaban J connectivity index is 2.52. The summed E-state index contributed by atoms with van der Waals surface area (Å²) in [6.45, 7) is 2.86. The van der Waals surface area contributed by atoms with Crippen molar-refractivity contribution in [2.24, 2.45) is 5.73 Å². The number of nitrogens with zero attached hydrogens (tertiary/aromatic N) is 1. The summed E-state index contributed by atoms with van der Waals surface area (Å²) in [6.07, 6.45) is 2.41. The first-order valence-corrected chi connectivity index (χ1v) is 4.83. The molecular formula is C9H18N2O2. The summed E-state index contributed by atoms with van der Waals surface area (Å²) in [5.41, 5.74) is 5.65. The lowest BCUT2D eigenvalue weighted by molar-refractivity contribution is -0.137. The zero-order valence-electron chi connectivity index (χ0n) is 8.07. The molecular weight excluding hydrogens is 168 g/mol. The van der Waals surface area contributed by atoms with Gasteiger partial charge in [0.25, 0.3) is 0 Å². The zero-order valence-corrected chi connectivity index (χ0v) is 8.07. The fourth-order valence-corrected chi connectivity index (χ4v) is 1.71. The van der Waals surface area contributed by atoms with Crippen LogP contribution in [-0.4, -0.2) is 41.1 Å². The van der Waals surface area contributed by atoms with Crippen LogP contribution in [0.2, 0.25) is 0 Å². The van der Waals surface area contributed by atoms with E-state index in [4.69, 9.17) is 10.8 Å². The number of carbonyl (C=O) groups excluding carboxylic acids is 1. The van der Waals surface area contributed by atoms with Crippen LogP contribution in [0.15, 0.2) is 0 Å². The first-order valence-electron chi connectivity index (χ1n) is 4.83. The average molecular weight is 186 g/mol. The highest BCUT2D eigenvalue weighted by atomic mass is 16.3. The van der Waals surface area contributed by atoms with Gasteiger partial charge in [0.2, 0.25) is 5.91 Å². The van der Waals surface area contributed by atoms with Gasteiger partial charge in [0.05, 0.1) is 6.04 Å². The van der Waals surface area contributed by atoms with E-state index in [0.29, 0.717) is 6.42 Å². The molecule has 76 valence electrons. The predicted molar refractivity (Wildman–Crippen MR) is 50.1 cm³/mol. The highest BCUT2D eigenvalue weighted by Gasteiger charge is 2.28. The van der Waals surface area contributed by atoms with Crippen molar-refractivity contribution in [3.8, 4) is 0 Å². The van der Waals surface area contributed by atoms with Crippen molar-refractivity contribution in [1.29, 1.82) is 0 Å². The van der Waals surface area contributed by atoms with Gasteiger partial charge in [-0.15, -0.1) is 0 Å². The second kappa shape index (κ2) is 4.58. The van der Waals surface area contributed by atoms with E-state index in [1.165, 1.54) is 0 Å². The number of carbonyl (C=O) groups is 1. The molecule has 0 spiro atoms. The molecule has 2 atom stereocenters. The number of hydrogen-bond donors (Lipinski definition) is 2. The van der Waals surface area contributed by atoms with Crippen molar-refractivity contribution in [1.82, 2.24) is 4.90 Å². The fraction of sp³-hybridized carbons (Fsp3) is 0.889. The number of aliphatic hydroxyl groups is 1. The van der Waals surface area contributed by atoms with Gasteiger partial charge in [0.15, 0.2) is 0 Å². The van der Waals surface area contributed by atoms with Crippen molar-refractivity contribution in [3.05, 3.63) is 0 Å². The zero-order chi connectivity index (χ0) is 9.84. The molecule has 1 heterocycles. The minimum absolute atomic E-state index is 0.0344. The van der Waals surface area contributed by atoms with E-state index in [1.807, 2.05) is 6.92 Å². The van der Waals surface area contributed by atoms with E-state index < -0.39 is 0 Å². The van der Waals surface area contributed by atoms with Gasteiger partial charge in [-0.1, -0.05) is 0 Å². The highest BCUT2D eigenvalue weighted by Crippen LogP contribution is 2.14. The van der Waals surface area contributed by atoms with Gasteiger partial charge < -0.3 is 15.7 Å². The molecule has 0 aromatic rings. The lowest BCUT2D eigenvalue weighted by atomic mass is 10.0. The third-order valence-electron chi connectivity index (χ3n) is 2.59. The molecule has 0 aromatic heterocycles. The molecule has 1 aliphatic rings. The number of hydrogen-bond acceptors (Lipinski definition) is 3. The van der Waals surface area contributed by atoms with E-state index in [1.54, 1.807) is 4.90 Å². The number of nitrogens with two attached hydrogens (primary N) is 1. The molecule has 0 aliphatic carbocycles. The van der Waals surface area contributed by atoms with Crippen LogP contribution >= 0.6 is 0 Å². The maximum Gasteiger partial charge on any atom is 0.239 e. The lowest BCUT2D eigenvalue weighted by Gasteiger charge is -2.35. The first kappa shape index (κ1) is 10.5. The van der Waals surface area contributed by atoms with Gasteiger partial charge in [0.1, 0.15) is 0 Å². The molecule has 4 heteroatoms. The monoisotopic (exact) mass is 186 g/mol. The van der Waals surface area contributed by atoms with E-state index >= 15 is 0 Å². The highest BCUT2D eigenvalue weighted by molar-refractivity contribution is 5.82. The van der Waals surface area contributed by atoms with Crippen LogP contribution in [0, 0.1) is 0 Å². The third kappa shape index (κ3) is 2.42. The Kier molecular flexibility index (Phi) is 3.69. The Labute approximate surface area is 78.7 Å². The quantitative estimate of drug-likeness (QED) is 0.636. The van der Waals surface area contributed by atoms with Crippen LogP contribution in [-0.2, 0) is 4.79 Å². The van der Waals surface area contributed by atoms with Gasteiger partial charge in [0, 0.05) is 19.2 Å². The Morgan fingerprint density at radius 2 is 2.46 bits per heavy atom. The second-order valence-corrected chi connectivity index (χ2v) is 3.64. The van der Waals surface area contributed by atoms with Crippen LogP contribution in [0.1, 0.15) is 26.2 Å². The molecule has 1 rings (SSSR count). The van der Waals surface area contributed by atoms with Gasteiger partial charge in [-0.25, -0.2) is 0 Å². The summed E-state index contributed by atoms with van der Waals surface area (Å²) in [4.78, 5) is 13.3. The topological polar surface area (TPSA) is 66.6 Å². The normalized spacial score (nSPS) is 26.2. The number of rotatable bonds is 3. The standard InChI is InChI=1S/C9H18N2O2/c1-7(4-6-12)11-5-2-3-8(10)9(11)13/h7-8,12H,2-6,10H2,1H3. The molecule has 3 N–H and O–H groups in total. The van der Waals surface area contributed by atoms with Crippen LogP contribution in [0.5, 0.6) is 0 Å². The molecule has 1 aliphatic heterocycles. The SMILES string of the molecule is CC(CCO)N1CCCC(N)C1=O. The van der Waals surface area contributed by atoms with Crippen molar-refractivity contribution >= 4 is 5.91 Å². The molecule has 1 fully saturated rings. The Hall–Kier alpha value is -0.610. The first-order chi connectivity index (χ1) is 6.16. The molecule has 2 unspecified atom stereocenters. The summed E-state index contributed by atoms with van der Waals surface area (Å²) < 4.78 is 0. The van der Waals surface area contributed by atoms with E-state index in [0.717, 1.165) is 19.4 Å². The van der Waals surface area contributed by atoms with E-state index in [9.17, 15) is 4.79 Å². The maximum atomic E-state index is 11.6. The summed E-state index contributed by atoms with van der Waals surface area (Å²) >= 11 is 0. The minimum Gasteiger partial charge on any atom is -0.396 e. The number of piperidine rings is 1. The number of likely N-dealkylation sites (tertiary alicyclic amines) is 1. The van der Waals surface area contributed by atoms with Crippen molar-refractivity contribution in [3.63, 3.8) is 0 Å². The number of amides is 1. The Bertz CT molecular complexity index is 184. The molecule has 0 aromatic carbocycles. The van der Waals surface area contributed by atoms with E-state index in [-0.39, 0.29) is 24.6 Å². The van der Waals surface area contributed by atoms with Crippen LogP contribution < -0.4 is 5.73 Å². The van der Waals surface area contributed by atoms with Crippen molar-refractivity contribution in [2.45, 2.75) is 38.3 Å². The molecule has 1 saturated heterocycles. The van der Waals surface area contributed by atoms with E-state index in [2.05, 4.69) is 0 Å². The van der Waals surface area contributed by atoms with Crippen molar-refractivity contribution in [2.75, 3.05) is 13.2 Å². The second-order valence-electron chi connectivity index (χ2n) is 3.64. The molecule has 0 radical (unpaired) electrons.